The molecule has 0 aliphatic rings. The highest BCUT2D eigenvalue weighted by molar-refractivity contribution is 9.10. The number of thiazole rings is 1. The van der Waals surface area contributed by atoms with Crippen LogP contribution in [0.15, 0.2) is 63.5 Å². The van der Waals surface area contributed by atoms with Crippen LogP contribution in [0.4, 0.5) is 5.13 Å². The van der Waals surface area contributed by atoms with Gasteiger partial charge in [-0.1, -0.05) is 64.0 Å². The molecule has 1 N–H and O–H groups in total. The quantitative estimate of drug-likeness (QED) is 0.497. The lowest BCUT2D eigenvalue weighted by Crippen LogP contribution is -1.90. The van der Waals surface area contributed by atoms with Crippen LogP contribution < -0.4 is 5.43 Å². The van der Waals surface area contributed by atoms with Gasteiger partial charge >= 0.3 is 0 Å². The lowest BCUT2D eigenvalue weighted by Gasteiger charge is -1.98. The normalized spacial score (nSPS) is 11.0. The molecule has 0 atom stereocenters. The molecule has 3 nitrogen and oxygen atoms in total. The van der Waals surface area contributed by atoms with Gasteiger partial charge in [0.05, 0.1) is 11.9 Å². The first kappa shape index (κ1) is 14.9. The van der Waals surface area contributed by atoms with Gasteiger partial charge in [0.1, 0.15) is 0 Å². The molecule has 5 heteroatoms. The van der Waals surface area contributed by atoms with Gasteiger partial charge in [-0.3, -0.25) is 5.43 Å². The lowest BCUT2D eigenvalue weighted by molar-refractivity contribution is 1.29. The van der Waals surface area contributed by atoms with Gasteiger partial charge in [0.15, 0.2) is 0 Å². The molecule has 0 fully saturated rings. The van der Waals surface area contributed by atoms with Gasteiger partial charge in [0.25, 0.3) is 0 Å². The summed E-state index contributed by atoms with van der Waals surface area (Å²) in [6, 6.07) is 16.3. The smallest absolute Gasteiger partial charge is 0.203 e. The van der Waals surface area contributed by atoms with Crippen LogP contribution >= 0.6 is 27.3 Å². The molecule has 0 spiro atoms. The zero-order chi connectivity index (χ0) is 15.4. The fourth-order valence-electron chi connectivity index (χ4n) is 1.92. The molecular formula is C17H14BrN3S. The van der Waals surface area contributed by atoms with E-state index in [9.17, 15) is 0 Å². The van der Waals surface area contributed by atoms with Crippen LogP contribution in [0.25, 0.3) is 11.3 Å². The topological polar surface area (TPSA) is 37.3 Å². The Kier molecular flexibility index (Phi) is 4.65. The number of anilines is 1. The number of hydrogen-bond acceptors (Lipinski definition) is 4. The Morgan fingerprint density at radius 3 is 2.68 bits per heavy atom. The van der Waals surface area contributed by atoms with Crippen LogP contribution in [-0.2, 0) is 0 Å². The molecule has 0 unspecified atom stereocenters. The molecule has 3 aromatic rings. The second-order valence-corrected chi connectivity index (χ2v) is 6.51. The van der Waals surface area contributed by atoms with Gasteiger partial charge < -0.3 is 0 Å². The van der Waals surface area contributed by atoms with E-state index >= 15 is 0 Å². The SMILES string of the molecule is Cc1ccc(-c2csc(N/N=C\c3ccccc3Br)n2)cc1. The van der Waals surface area contributed by atoms with E-state index in [1.807, 2.05) is 29.6 Å². The van der Waals surface area contributed by atoms with Crippen molar-refractivity contribution in [3.05, 3.63) is 69.5 Å². The molecule has 0 aliphatic heterocycles. The molecule has 0 aliphatic carbocycles. The van der Waals surface area contributed by atoms with Crippen molar-refractivity contribution in [3.8, 4) is 11.3 Å². The number of nitrogens with one attached hydrogen (secondary N) is 1. The number of hydrogen-bond donors (Lipinski definition) is 1. The highest BCUT2D eigenvalue weighted by atomic mass is 79.9. The number of aromatic nitrogens is 1. The third-order valence-corrected chi connectivity index (χ3v) is 4.59. The molecule has 0 saturated carbocycles. The molecular weight excluding hydrogens is 358 g/mol. The van der Waals surface area contributed by atoms with Gasteiger partial charge in [-0.2, -0.15) is 5.10 Å². The van der Waals surface area contributed by atoms with E-state index in [0.717, 1.165) is 26.4 Å². The summed E-state index contributed by atoms with van der Waals surface area (Å²) >= 11 is 5.03. The number of halogens is 1. The molecule has 0 bridgehead atoms. The molecule has 1 aromatic heterocycles. The minimum Gasteiger partial charge on any atom is -0.253 e. The fraction of sp³-hybridized carbons (Fsp3) is 0.0588. The van der Waals surface area contributed by atoms with Crippen molar-refractivity contribution >= 4 is 38.6 Å². The van der Waals surface area contributed by atoms with Gasteiger partial charge in [-0.25, -0.2) is 4.98 Å². The third-order valence-electron chi connectivity index (χ3n) is 3.12. The minimum atomic E-state index is 0.777. The first-order valence-electron chi connectivity index (χ1n) is 6.78. The largest absolute Gasteiger partial charge is 0.253 e. The average molecular weight is 372 g/mol. The Balaban J connectivity index is 1.70. The summed E-state index contributed by atoms with van der Waals surface area (Å²) in [5, 5.41) is 7.04. The lowest BCUT2D eigenvalue weighted by atomic mass is 10.1. The highest BCUT2D eigenvalue weighted by Gasteiger charge is 2.03. The Hall–Kier alpha value is -1.98. The van der Waals surface area contributed by atoms with Crippen LogP contribution in [0.5, 0.6) is 0 Å². The third kappa shape index (κ3) is 3.61. The monoisotopic (exact) mass is 371 g/mol. The Morgan fingerprint density at radius 1 is 1.14 bits per heavy atom. The maximum absolute atomic E-state index is 4.55. The zero-order valence-corrected chi connectivity index (χ0v) is 14.4. The van der Waals surface area contributed by atoms with Gasteiger partial charge in [-0.05, 0) is 13.0 Å². The van der Waals surface area contributed by atoms with E-state index in [-0.39, 0.29) is 0 Å². The molecule has 0 saturated heterocycles. The highest BCUT2D eigenvalue weighted by Crippen LogP contribution is 2.25. The Labute approximate surface area is 141 Å². The molecule has 0 amide bonds. The van der Waals surface area contributed by atoms with E-state index in [1.165, 1.54) is 5.56 Å². The Bertz CT molecular complexity index is 794. The maximum Gasteiger partial charge on any atom is 0.203 e. The molecule has 3 rings (SSSR count). The summed E-state index contributed by atoms with van der Waals surface area (Å²) in [7, 11) is 0. The van der Waals surface area contributed by atoms with Crippen LogP contribution in [-0.4, -0.2) is 11.2 Å². The van der Waals surface area contributed by atoms with E-state index in [4.69, 9.17) is 0 Å². The number of hydrazone groups is 1. The maximum atomic E-state index is 4.55. The minimum absolute atomic E-state index is 0.777. The summed E-state index contributed by atoms with van der Waals surface area (Å²) in [4.78, 5) is 4.55. The van der Waals surface area contributed by atoms with Crippen molar-refractivity contribution in [2.24, 2.45) is 5.10 Å². The number of benzene rings is 2. The van der Waals surface area contributed by atoms with Gasteiger partial charge in [-0.15, -0.1) is 11.3 Å². The van der Waals surface area contributed by atoms with Gasteiger partial charge in [0, 0.05) is 21.0 Å². The number of aryl methyl sites for hydroxylation is 1. The molecule has 2 aromatic carbocycles. The predicted molar refractivity (Wildman–Crippen MR) is 97.6 cm³/mol. The second kappa shape index (κ2) is 6.85. The van der Waals surface area contributed by atoms with Crippen LogP contribution in [0.2, 0.25) is 0 Å². The van der Waals surface area contributed by atoms with Crippen molar-refractivity contribution < 1.29 is 0 Å². The van der Waals surface area contributed by atoms with Crippen molar-refractivity contribution in [1.29, 1.82) is 0 Å². The summed E-state index contributed by atoms with van der Waals surface area (Å²) in [5.74, 6) is 0. The van der Waals surface area contributed by atoms with Crippen LogP contribution in [0, 0.1) is 6.92 Å². The summed E-state index contributed by atoms with van der Waals surface area (Å²) in [6.45, 7) is 2.08. The van der Waals surface area contributed by atoms with E-state index in [2.05, 4.69) is 62.6 Å². The molecule has 1 heterocycles. The number of nitrogens with zero attached hydrogens (tertiary/aromatic N) is 2. The zero-order valence-electron chi connectivity index (χ0n) is 12.0. The number of rotatable bonds is 4. The second-order valence-electron chi connectivity index (χ2n) is 4.80. The van der Waals surface area contributed by atoms with Crippen molar-refractivity contribution in [3.63, 3.8) is 0 Å². The van der Waals surface area contributed by atoms with Crippen molar-refractivity contribution in [2.45, 2.75) is 6.92 Å². The van der Waals surface area contributed by atoms with E-state index in [1.54, 1.807) is 17.6 Å². The molecule has 110 valence electrons. The fourth-order valence-corrected chi connectivity index (χ4v) is 2.97. The summed E-state index contributed by atoms with van der Waals surface area (Å²) in [5.41, 5.74) is 7.32. The van der Waals surface area contributed by atoms with E-state index < -0.39 is 0 Å². The average Bonchev–Trinajstić information content (AvgIpc) is 2.99. The first-order chi connectivity index (χ1) is 10.7. The predicted octanol–water partition coefficient (Wildman–Crippen LogP) is 5.33. The first-order valence-corrected chi connectivity index (χ1v) is 8.46. The standard InChI is InChI=1S/C17H14BrN3S/c1-12-6-8-13(9-7-12)16-11-22-17(20-16)21-19-10-14-4-2-3-5-15(14)18/h2-11H,1H3,(H,20,21)/b19-10-. The summed E-state index contributed by atoms with van der Waals surface area (Å²) < 4.78 is 1.01. The van der Waals surface area contributed by atoms with E-state index in [0.29, 0.717) is 0 Å². The summed E-state index contributed by atoms with van der Waals surface area (Å²) in [6.07, 6.45) is 1.77. The van der Waals surface area contributed by atoms with Crippen LogP contribution in [0.1, 0.15) is 11.1 Å². The van der Waals surface area contributed by atoms with Gasteiger partial charge in [0.2, 0.25) is 5.13 Å². The van der Waals surface area contributed by atoms with Crippen molar-refractivity contribution in [2.75, 3.05) is 5.43 Å². The molecule has 22 heavy (non-hydrogen) atoms. The molecule has 0 radical (unpaired) electrons. The Morgan fingerprint density at radius 2 is 1.91 bits per heavy atom. The van der Waals surface area contributed by atoms with Crippen LogP contribution in [0.3, 0.4) is 0 Å². The van der Waals surface area contributed by atoms with Crippen molar-refractivity contribution in [1.82, 2.24) is 4.98 Å².